The van der Waals surface area contributed by atoms with E-state index < -0.39 is 0 Å². The molecular formula is C7H12O2. The van der Waals surface area contributed by atoms with Crippen molar-refractivity contribution in [3.8, 4) is 0 Å². The van der Waals surface area contributed by atoms with E-state index in [-0.39, 0.29) is 12.4 Å². The molecule has 0 fully saturated rings. The molecule has 9 heavy (non-hydrogen) atoms. The molecule has 0 bridgehead atoms. The van der Waals surface area contributed by atoms with E-state index in [1.807, 2.05) is 13.0 Å². The molecule has 52 valence electrons. The van der Waals surface area contributed by atoms with Gasteiger partial charge in [0.15, 0.2) is 6.29 Å². The van der Waals surface area contributed by atoms with E-state index in [2.05, 4.69) is 6.08 Å². The molecule has 2 atom stereocenters. The summed E-state index contributed by atoms with van der Waals surface area (Å²) in [6.07, 6.45) is 5.19. The van der Waals surface area contributed by atoms with E-state index in [1.165, 1.54) is 0 Å². The molecule has 0 spiro atoms. The third-order valence-corrected chi connectivity index (χ3v) is 1.36. The Morgan fingerprint density at radius 1 is 1.67 bits per heavy atom. The van der Waals surface area contributed by atoms with Gasteiger partial charge >= 0.3 is 0 Å². The van der Waals surface area contributed by atoms with Crippen LogP contribution in [0.15, 0.2) is 12.2 Å². The molecule has 0 saturated carbocycles. The molecule has 0 amide bonds. The minimum atomic E-state index is -0.0231. The molecule has 0 N–H and O–H groups in total. The van der Waals surface area contributed by atoms with Gasteiger partial charge in [-0.05, 0) is 6.92 Å². The molecule has 0 aromatic heterocycles. The van der Waals surface area contributed by atoms with Crippen molar-refractivity contribution in [3.05, 3.63) is 12.2 Å². The lowest BCUT2D eigenvalue weighted by Gasteiger charge is -2.21. The minimum Gasteiger partial charge on any atom is -0.356 e. The first kappa shape index (κ1) is 6.78. The van der Waals surface area contributed by atoms with E-state index in [0.29, 0.717) is 0 Å². The van der Waals surface area contributed by atoms with Crippen LogP contribution in [0.2, 0.25) is 0 Å². The lowest BCUT2D eigenvalue weighted by atomic mass is 10.2. The van der Waals surface area contributed by atoms with Crippen LogP contribution in [0.1, 0.15) is 13.3 Å². The molecule has 1 heterocycles. The first-order chi connectivity index (χ1) is 4.33. The van der Waals surface area contributed by atoms with Crippen LogP contribution in [-0.2, 0) is 9.47 Å². The van der Waals surface area contributed by atoms with Gasteiger partial charge in [0.05, 0.1) is 6.10 Å². The highest BCUT2D eigenvalue weighted by Gasteiger charge is 2.12. The van der Waals surface area contributed by atoms with Crippen molar-refractivity contribution >= 4 is 0 Å². The second-order valence-corrected chi connectivity index (χ2v) is 2.17. The zero-order valence-corrected chi connectivity index (χ0v) is 5.83. The fourth-order valence-electron chi connectivity index (χ4n) is 0.873. The lowest BCUT2D eigenvalue weighted by Crippen LogP contribution is -2.22. The molecular weight excluding hydrogens is 116 g/mol. The number of ether oxygens (including phenoxy) is 2. The van der Waals surface area contributed by atoms with Gasteiger partial charge in [0, 0.05) is 13.5 Å². The maximum Gasteiger partial charge on any atom is 0.161 e. The highest BCUT2D eigenvalue weighted by Crippen LogP contribution is 2.11. The Labute approximate surface area is 55.5 Å². The monoisotopic (exact) mass is 128 g/mol. The summed E-state index contributed by atoms with van der Waals surface area (Å²) in [7, 11) is 1.66. The number of methoxy groups -OCH3 is 1. The van der Waals surface area contributed by atoms with Gasteiger partial charge in [-0.25, -0.2) is 0 Å². The first-order valence-corrected chi connectivity index (χ1v) is 3.18. The number of rotatable bonds is 1. The number of hydrogen-bond acceptors (Lipinski definition) is 2. The van der Waals surface area contributed by atoms with Crippen LogP contribution in [0.5, 0.6) is 0 Å². The maximum atomic E-state index is 5.33. The van der Waals surface area contributed by atoms with Crippen LogP contribution in [-0.4, -0.2) is 19.5 Å². The van der Waals surface area contributed by atoms with Gasteiger partial charge < -0.3 is 9.47 Å². The summed E-state index contributed by atoms with van der Waals surface area (Å²) in [4.78, 5) is 0. The quantitative estimate of drug-likeness (QED) is 0.496. The third-order valence-electron chi connectivity index (χ3n) is 1.36. The minimum absolute atomic E-state index is 0.0231. The Balaban J connectivity index is 2.38. The van der Waals surface area contributed by atoms with Crippen LogP contribution in [0.25, 0.3) is 0 Å². The standard InChI is InChI=1S/C7H12O2/c1-6-4-3-5-7(8-2)9-6/h3-4,6-7H,5H2,1-2H3. The van der Waals surface area contributed by atoms with Crippen molar-refractivity contribution in [2.24, 2.45) is 0 Å². The molecule has 0 aliphatic carbocycles. The van der Waals surface area contributed by atoms with Gasteiger partial charge in [0.25, 0.3) is 0 Å². The van der Waals surface area contributed by atoms with Crippen molar-refractivity contribution in [1.29, 1.82) is 0 Å². The molecule has 2 unspecified atom stereocenters. The van der Waals surface area contributed by atoms with Gasteiger partial charge in [-0.1, -0.05) is 12.2 Å². The molecule has 2 nitrogen and oxygen atoms in total. The second-order valence-electron chi connectivity index (χ2n) is 2.17. The van der Waals surface area contributed by atoms with Crippen LogP contribution in [0, 0.1) is 0 Å². The number of hydrogen-bond donors (Lipinski definition) is 0. The summed E-state index contributed by atoms with van der Waals surface area (Å²) in [6.45, 7) is 2.00. The van der Waals surface area contributed by atoms with Crippen LogP contribution >= 0.6 is 0 Å². The molecule has 0 aromatic carbocycles. The smallest absolute Gasteiger partial charge is 0.161 e. The first-order valence-electron chi connectivity index (χ1n) is 3.18. The van der Waals surface area contributed by atoms with Gasteiger partial charge in [0.1, 0.15) is 0 Å². The van der Waals surface area contributed by atoms with Crippen molar-refractivity contribution < 1.29 is 9.47 Å². The average molecular weight is 128 g/mol. The van der Waals surface area contributed by atoms with Gasteiger partial charge in [-0.3, -0.25) is 0 Å². The maximum absolute atomic E-state index is 5.33. The summed E-state index contributed by atoms with van der Waals surface area (Å²) in [5.74, 6) is 0. The van der Waals surface area contributed by atoms with E-state index in [1.54, 1.807) is 7.11 Å². The predicted molar refractivity (Wildman–Crippen MR) is 35.1 cm³/mol. The van der Waals surface area contributed by atoms with Crippen LogP contribution in [0.4, 0.5) is 0 Å². The van der Waals surface area contributed by atoms with Gasteiger partial charge in [-0.15, -0.1) is 0 Å². The van der Waals surface area contributed by atoms with Crippen molar-refractivity contribution in [3.63, 3.8) is 0 Å². The van der Waals surface area contributed by atoms with E-state index >= 15 is 0 Å². The second kappa shape index (κ2) is 2.99. The molecule has 1 rings (SSSR count). The Kier molecular flexibility index (Phi) is 2.25. The predicted octanol–water partition coefficient (Wildman–Crippen LogP) is 1.32. The Bertz CT molecular complexity index is 109. The zero-order valence-electron chi connectivity index (χ0n) is 5.83. The Hall–Kier alpha value is -0.340. The van der Waals surface area contributed by atoms with Crippen molar-refractivity contribution in [2.45, 2.75) is 25.7 Å². The van der Waals surface area contributed by atoms with Crippen LogP contribution < -0.4 is 0 Å². The van der Waals surface area contributed by atoms with Gasteiger partial charge in [0.2, 0.25) is 0 Å². The summed E-state index contributed by atoms with van der Waals surface area (Å²) in [6, 6.07) is 0. The highest BCUT2D eigenvalue weighted by atomic mass is 16.7. The largest absolute Gasteiger partial charge is 0.356 e. The third kappa shape index (κ3) is 1.80. The van der Waals surface area contributed by atoms with Crippen molar-refractivity contribution in [2.75, 3.05) is 7.11 Å². The fraction of sp³-hybridized carbons (Fsp3) is 0.714. The Morgan fingerprint density at radius 3 is 2.89 bits per heavy atom. The van der Waals surface area contributed by atoms with Crippen molar-refractivity contribution in [1.82, 2.24) is 0 Å². The van der Waals surface area contributed by atoms with E-state index in [0.717, 1.165) is 6.42 Å². The summed E-state index contributed by atoms with van der Waals surface area (Å²) in [5, 5.41) is 0. The molecule has 0 aromatic rings. The Morgan fingerprint density at radius 2 is 2.44 bits per heavy atom. The molecule has 1 aliphatic heterocycles. The topological polar surface area (TPSA) is 18.5 Å². The SMILES string of the molecule is COC1CC=CC(C)O1. The van der Waals surface area contributed by atoms with Gasteiger partial charge in [-0.2, -0.15) is 0 Å². The molecule has 0 radical (unpaired) electrons. The summed E-state index contributed by atoms with van der Waals surface area (Å²) < 4.78 is 10.3. The van der Waals surface area contributed by atoms with E-state index in [4.69, 9.17) is 9.47 Å². The molecule has 1 aliphatic rings. The molecule has 0 saturated heterocycles. The molecule has 2 heteroatoms. The average Bonchev–Trinajstić information content (AvgIpc) is 1.88. The summed E-state index contributed by atoms with van der Waals surface area (Å²) in [5.41, 5.74) is 0. The highest BCUT2D eigenvalue weighted by molar-refractivity contribution is 4.92. The lowest BCUT2D eigenvalue weighted by molar-refractivity contribution is -0.142. The van der Waals surface area contributed by atoms with E-state index in [9.17, 15) is 0 Å². The summed E-state index contributed by atoms with van der Waals surface area (Å²) >= 11 is 0. The van der Waals surface area contributed by atoms with Crippen LogP contribution in [0.3, 0.4) is 0 Å². The fourth-order valence-corrected chi connectivity index (χ4v) is 0.873. The normalized spacial score (nSPS) is 34.9. The zero-order chi connectivity index (χ0) is 6.69.